The Kier molecular flexibility index (Phi) is 9.96. The molecule has 22 heavy (non-hydrogen) atoms. The second-order valence-corrected chi connectivity index (χ2v) is 5.43. The van der Waals surface area contributed by atoms with Gasteiger partial charge in [-0.1, -0.05) is 0 Å². The third-order valence-corrected chi connectivity index (χ3v) is 3.31. The largest absolute Gasteiger partial charge is 0.481 e. The maximum atomic E-state index is 12.0. The van der Waals surface area contributed by atoms with E-state index >= 15 is 0 Å². The zero-order valence-electron chi connectivity index (χ0n) is 12.2. The van der Waals surface area contributed by atoms with Crippen LogP contribution in [-0.2, 0) is 19.2 Å². The van der Waals surface area contributed by atoms with E-state index in [1.165, 1.54) is 11.8 Å². The molecule has 2 atom stereocenters. The smallest absolute Gasteiger partial charge is 0.303 e. The van der Waals surface area contributed by atoms with Gasteiger partial charge >= 0.3 is 5.97 Å². The van der Waals surface area contributed by atoms with Crippen molar-refractivity contribution in [1.29, 1.82) is 0 Å². The summed E-state index contributed by atoms with van der Waals surface area (Å²) in [6.07, 6.45) is 1.52. The maximum Gasteiger partial charge on any atom is 0.303 e. The van der Waals surface area contributed by atoms with E-state index in [4.69, 9.17) is 15.9 Å². The van der Waals surface area contributed by atoms with E-state index in [0.29, 0.717) is 12.2 Å². The number of hydrogen-bond donors (Lipinski definition) is 5. The maximum absolute atomic E-state index is 12.0. The molecule has 9 nitrogen and oxygen atoms in total. The van der Waals surface area contributed by atoms with E-state index in [-0.39, 0.29) is 12.8 Å². The third-order valence-electron chi connectivity index (χ3n) is 2.67. The molecule has 0 bridgehead atoms. The van der Waals surface area contributed by atoms with Crippen LogP contribution >= 0.6 is 11.8 Å². The number of thioether (sulfide) groups is 1. The third kappa shape index (κ3) is 8.47. The number of carbonyl (C=O) groups excluding carboxylic acids is 3. The summed E-state index contributed by atoms with van der Waals surface area (Å²) < 4.78 is 0. The number of aliphatic hydroxyl groups is 1. The number of hydrogen-bond acceptors (Lipinski definition) is 6. The van der Waals surface area contributed by atoms with Gasteiger partial charge in [0.15, 0.2) is 0 Å². The summed E-state index contributed by atoms with van der Waals surface area (Å²) in [6.45, 7) is -0.650. The van der Waals surface area contributed by atoms with Crippen molar-refractivity contribution in [3.05, 3.63) is 0 Å². The van der Waals surface area contributed by atoms with Gasteiger partial charge in [0.05, 0.1) is 13.0 Å². The molecule has 0 aliphatic carbocycles. The van der Waals surface area contributed by atoms with Crippen molar-refractivity contribution in [2.24, 2.45) is 5.73 Å². The molecule has 0 radical (unpaired) electrons. The molecular weight excluding hydrogens is 314 g/mol. The Morgan fingerprint density at radius 3 is 2.23 bits per heavy atom. The molecule has 6 N–H and O–H groups in total. The van der Waals surface area contributed by atoms with Crippen molar-refractivity contribution in [1.82, 2.24) is 10.6 Å². The van der Waals surface area contributed by atoms with E-state index in [1.807, 2.05) is 6.26 Å². The van der Waals surface area contributed by atoms with Crippen LogP contribution in [0, 0.1) is 0 Å². The normalized spacial score (nSPS) is 13.0. The average Bonchev–Trinajstić information content (AvgIpc) is 2.46. The Morgan fingerprint density at radius 1 is 1.14 bits per heavy atom. The minimum absolute atomic E-state index is 0.252. The van der Waals surface area contributed by atoms with Gasteiger partial charge in [0.1, 0.15) is 12.1 Å². The SMILES string of the molecule is CSCC[C@H](NC(=O)CCC(=O)O)C(=O)N[C@@H](CO)C(N)=O. The number of carboxylic acids is 1. The summed E-state index contributed by atoms with van der Waals surface area (Å²) in [5.74, 6) is -2.68. The highest BCUT2D eigenvalue weighted by molar-refractivity contribution is 7.98. The van der Waals surface area contributed by atoms with Crippen LogP contribution in [0.25, 0.3) is 0 Å². The first-order valence-electron chi connectivity index (χ1n) is 6.52. The lowest BCUT2D eigenvalue weighted by Crippen LogP contribution is -2.54. The highest BCUT2D eigenvalue weighted by Gasteiger charge is 2.25. The van der Waals surface area contributed by atoms with E-state index in [0.717, 1.165) is 0 Å². The number of amides is 3. The van der Waals surface area contributed by atoms with Gasteiger partial charge in [-0.15, -0.1) is 0 Å². The van der Waals surface area contributed by atoms with E-state index in [1.54, 1.807) is 0 Å². The Labute approximate surface area is 132 Å². The minimum Gasteiger partial charge on any atom is -0.481 e. The number of nitrogens with one attached hydrogen (secondary N) is 2. The molecule has 0 aromatic carbocycles. The highest BCUT2D eigenvalue weighted by Crippen LogP contribution is 2.03. The molecule has 0 heterocycles. The molecule has 0 aromatic rings. The average molecular weight is 335 g/mol. The van der Waals surface area contributed by atoms with Crippen molar-refractivity contribution in [2.45, 2.75) is 31.3 Å². The van der Waals surface area contributed by atoms with Crippen LogP contribution in [0.15, 0.2) is 0 Å². The summed E-state index contributed by atoms with van der Waals surface area (Å²) in [6, 6.07) is -2.16. The minimum atomic E-state index is -1.24. The van der Waals surface area contributed by atoms with Crippen molar-refractivity contribution >= 4 is 35.5 Å². The number of carboxylic acid groups (broad SMARTS) is 1. The van der Waals surface area contributed by atoms with E-state index < -0.39 is 42.4 Å². The molecule has 0 aliphatic heterocycles. The Balaban J connectivity index is 4.66. The van der Waals surface area contributed by atoms with Gasteiger partial charge in [0.2, 0.25) is 17.7 Å². The molecular formula is C12H21N3O6S. The predicted molar refractivity (Wildman–Crippen MR) is 80.0 cm³/mol. The first kappa shape index (κ1) is 20.2. The second-order valence-electron chi connectivity index (χ2n) is 4.44. The number of carbonyl (C=O) groups is 4. The van der Waals surface area contributed by atoms with Crippen molar-refractivity contribution < 1.29 is 29.4 Å². The summed E-state index contributed by atoms with van der Waals surface area (Å²) in [4.78, 5) is 45.0. The number of primary amides is 1. The molecule has 0 rings (SSSR count). The summed E-state index contributed by atoms with van der Waals surface area (Å²) in [5, 5.41) is 22.1. The van der Waals surface area contributed by atoms with Crippen LogP contribution in [0.5, 0.6) is 0 Å². The Morgan fingerprint density at radius 2 is 1.77 bits per heavy atom. The zero-order chi connectivity index (χ0) is 17.1. The zero-order valence-corrected chi connectivity index (χ0v) is 13.0. The molecule has 126 valence electrons. The van der Waals surface area contributed by atoms with Gasteiger partial charge in [0.25, 0.3) is 0 Å². The molecule has 0 spiro atoms. The van der Waals surface area contributed by atoms with Gasteiger partial charge in [-0.2, -0.15) is 11.8 Å². The van der Waals surface area contributed by atoms with Crippen LogP contribution in [0.2, 0.25) is 0 Å². The molecule has 0 saturated heterocycles. The fraction of sp³-hybridized carbons (Fsp3) is 0.667. The lowest BCUT2D eigenvalue weighted by atomic mass is 10.1. The number of aliphatic hydroxyl groups excluding tert-OH is 1. The molecule has 0 saturated carbocycles. The summed E-state index contributed by atoms with van der Waals surface area (Å²) in [7, 11) is 0. The monoisotopic (exact) mass is 335 g/mol. The quantitative estimate of drug-likeness (QED) is 0.293. The van der Waals surface area contributed by atoms with Gasteiger partial charge in [-0.05, 0) is 18.4 Å². The first-order chi connectivity index (χ1) is 10.3. The molecule has 0 aromatic heterocycles. The van der Waals surface area contributed by atoms with Gasteiger partial charge in [-0.25, -0.2) is 0 Å². The number of nitrogens with two attached hydrogens (primary N) is 1. The van der Waals surface area contributed by atoms with E-state index in [2.05, 4.69) is 10.6 Å². The fourth-order valence-electron chi connectivity index (χ4n) is 1.47. The van der Waals surface area contributed by atoms with Crippen LogP contribution in [0.4, 0.5) is 0 Å². The molecule has 0 aliphatic rings. The first-order valence-corrected chi connectivity index (χ1v) is 7.91. The van der Waals surface area contributed by atoms with Crippen LogP contribution < -0.4 is 16.4 Å². The van der Waals surface area contributed by atoms with Crippen LogP contribution in [0.3, 0.4) is 0 Å². The number of aliphatic carboxylic acids is 1. The lowest BCUT2D eigenvalue weighted by molar-refractivity contribution is -0.139. The second kappa shape index (κ2) is 10.9. The predicted octanol–water partition coefficient (Wildman–Crippen LogP) is -1.95. The van der Waals surface area contributed by atoms with E-state index in [9.17, 15) is 19.2 Å². The topological polar surface area (TPSA) is 159 Å². The van der Waals surface area contributed by atoms with Gasteiger partial charge in [0, 0.05) is 6.42 Å². The number of rotatable bonds is 11. The molecule has 10 heteroatoms. The van der Waals surface area contributed by atoms with Gasteiger partial charge < -0.3 is 26.6 Å². The van der Waals surface area contributed by atoms with Crippen molar-refractivity contribution in [3.63, 3.8) is 0 Å². The lowest BCUT2D eigenvalue weighted by Gasteiger charge is -2.20. The fourth-order valence-corrected chi connectivity index (χ4v) is 1.94. The molecule has 0 unspecified atom stereocenters. The Hall–Kier alpha value is -1.81. The van der Waals surface area contributed by atoms with Crippen LogP contribution in [0.1, 0.15) is 19.3 Å². The van der Waals surface area contributed by atoms with Gasteiger partial charge in [-0.3, -0.25) is 19.2 Å². The molecule has 3 amide bonds. The van der Waals surface area contributed by atoms with Crippen LogP contribution in [-0.4, -0.2) is 64.6 Å². The Bertz CT molecular complexity index is 418. The summed E-state index contributed by atoms with van der Waals surface area (Å²) in [5.41, 5.74) is 5.01. The summed E-state index contributed by atoms with van der Waals surface area (Å²) >= 11 is 1.46. The van der Waals surface area contributed by atoms with Crippen molar-refractivity contribution in [2.75, 3.05) is 18.6 Å². The van der Waals surface area contributed by atoms with Crippen molar-refractivity contribution in [3.8, 4) is 0 Å². The highest BCUT2D eigenvalue weighted by atomic mass is 32.2. The standard InChI is InChI=1S/C12H21N3O6S/c1-22-5-4-7(14-9(17)2-3-10(18)19)12(21)15-8(6-16)11(13)20/h7-8,16H,2-6H2,1H3,(H2,13,20)(H,14,17)(H,15,21)(H,18,19)/t7-,8-/m0/s1. The molecule has 0 fully saturated rings.